The van der Waals surface area contributed by atoms with E-state index in [4.69, 9.17) is 5.26 Å². The average molecular weight is 372 g/mol. The highest BCUT2D eigenvalue weighted by Crippen LogP contribution is 2.22. The molecular weight excluding hydrogens is 352 g/mol. The monoisotopic (exact) mass is 372 g/mol. The Balaban J connectivity index is 2.28. The van der Waals surface area contributed by atoms with E-state index in [9.17, 15) is 13.2 Å². The Bertz CT molecular complexity index is 929. The predicted octanol–water partition coefficient (Wildman–Crippen LogP) is 2.70. The third-order valence-electron chi connectivity index (χ3n) is 3.89. The molecule has 1 N–H and O–H groups in total. The number of ether oxygens (including phenoxy) is 1. The fourth-order valence-electron chi connectivity index (χ4n) is 2.41. The summed E-state index contributed by atoms with van der Waals surface area (Å²) in [6.07, 6.45) is 0. The van der Waals surface area contributed by atoms with Gasteiger partial charge in [0.05, 0.1) is 23.6 Å². The highest BCUT2D eigenvalue weighted by molar-refractivity contribution is 7.89. The molecule has 0 aliphatic heterocycles. The van der Waals surface area contributed by atoms with Crippen molar-refractivity contribution in [2.75, 3.05) is 7.11 Å². The van der Waals surface area contributed by atoms with Gasteiger partial charge >= 0.3 is 5.97 Å². The first-order valence-electron chi connectivity index (χ1n) is 7.99. The van der Waals surface area contributed by atoms with Crippen molar-refractivity contribution in [3.05, 3.63) is 54.1 Å². The molecule has 0 spiro atoms. The van der Waals surface area contributed by atoms with Gasteiger partial charge in [0.1, 0.15) is 6.04 Å². The standard InChI is InChI=1S/C19H20N2O4S/c1-13(2)18(19(22)25-3)21-26(23,24)17-9-7-15(8-10-17)16-6-4-5-14(11-16)12-20/h4-11,13,18,21H,1-3H3/t18-/m0/s1. The maximum atomic E-state index is 12.6. The number of methoxy groups -OCH3 is 1. The molecule has 0 heterocycles. The van der Waals surface area contributed by atoms with Crippen LogP contribution in [0.4, 0.5) is 0 Å². The van der Waals surface area contributed by atoms with Gasteiger partial charge in [-0.3, -0.25) is 4.79 Å². The van der Waals surface area contributed by atoms with Crippen LogP contribution in [0.1, 0.15) is 19.4 Å². The number of esters is 1. The number of hydrogen-bond acceptors (Lipinski definition) is 5. The first-order chi connectivity index (χ1) is 12.3. The van der Waals surface area contributed by atoms with Crippen LogP contribution in [0.2, 0.25) is 0 Å². The number of sulfonamides is 1. The fraction of sp³-hybridized carbons (Fsp3) is 0.263. The molecule has 7 heteroatoms. The number of benzene rings is 2. The number of carbonyl (C=O) groups is 1. The molecule has 1 atom stereocenters. The molecule has 26 heavy (non-hydrogen) atoms. The molecule has 0 saturated heterocycles. The number of hydrogen-bond donors (Lipinski definition) is 1. The zero-order chi connectivity index (χ0) is 19.3. The fourth-order valence-corrected chi connectivity index (χ4v) is 3.75. The summed E-state index contributed by atoms with van der Waals surface area (Å²) in [5.74, 6) is -0.890. The number of nitrogens with zero attached hydrogens (tertiary/aromatic N) is 1. The van der Waals surface area contributed by atoms with Gasteiger partial charge in [0.25, 0.3) is 0 Å². The van der Waals surface area contributed by atoms with E-state index in [2.05, 4.69) is 15.5 Å². The summed E-state index contributed by atoms with van der Waals surface area (Å²) < 4.78 is 32.2. The second kappa shape index (κ2) is 8.13. The van der Waals surface area contributed by atoms with Crippen molar-refractivity contribution in [1.29, 1.82) is 5.26 Å². The summed E-state index contributed by atoms with van der Waals surface area (Å²) in [7, 11) is -2.66. The number of nitriles is 1. The van der Waals surface area contributed by atoms with Gasteiger partial charge in [0.2, 0.25) is 10.0 Å². The number of rotatable bonds is 6. The summed E-state index contributed by atoms with van der Waals surface area (Å²) in [5.41, 5.74) is 2.13. The first kappa shape index (κ1) is 19.6. The van der Waals surface area contributed by atoms with Crippen molar-refractivity contribution in [3.8, 4) is 17.2 Å². The third-order valence-corrected chi connectivity index (χ3v) is 5.35. The Morgan fingerprint density at radius 1 is 1.12 bits per heavy atom. The van der Waals surface area contributed by atoms with Crippen LogP contribution in [0, 0.1) is 17.2 Å². The van der Waals surface area contributed by atoms with Crippen LogP contribution in [0.3, 0.4) is 0 Å². The van der Waals surface area contributed by atoms with E-state index in [1.54, 1.807) is 44.2 Å². The molecule has 0 fully saturated rings. The highest BCUT2D eigenvalue weighted by Gasteiger charge is 2.29. The normalized spacial score (nSPS) is 12.4. The van der Waals surface area contributed by atoms with Crippen LogP contribution in [0.25, 0.3) is 11.1 Å². The van der Waals surface area contributed by atoms with E-state index in [-0.39, 0.29) is 10.8 Å². The minimum absolute atomic E-state index is 0.0484. The minimum atomic E-state index is -3.87. The van der Waals surface area contributed by atoms with E-state index in [0.717, 1.165) is 11.1 Å². The van der Waals surface area contributed by atoms with Crippen LogP contribution < -0.4 is 4.72 Å². The van der Waals surface area contributed by atoms with Gasteiger partial charge < -0.3 is 4.74 Å². The number of carbonyl (C=O) groups excluding carboxylic acids is 1. The molecule has 2 rings (SSSR count). The maximum Gasteiger partial charge on any atom is 0.324 e. The summed E-state index contributed by atoms with van der Waals surface area (Å²) in [4.78, 5) is 11.8. The van der Waals surface area contributed by atoms with Crippen LogP contribution in [-0.4, -0.2) is 27.5 Å². The summed E-state index contributed by atoms with van der Waals surface area (Å²) in [6.45, 7) is 3.46. The maximum absolute atomic E-state index is 12.6. The Labute approximate surface area is 153 Å². The summed E-state index contributed by atoms with van der Waals surface area (Å²) >= 11 is 0. The third kappa shape index (κ3) is 4.48. The number of nitrogens with one attached hydrogen (secondary N) is 1. The zero-order valence-corrected chi connectivity index (χ0v) is 15.6. The smallest absolute Gasteiger partial charge is 0.324 e. The van der Waals surface area contributed by atoms with Gasteiger partial charge in [-0.2, -0.15) is 9.98 Å². The molecule has 0 bridgehead atoms. The molecule has 0 aliphatic rings. The lowest BCUT2D eigenvalue weighted by Gasteiger charge is -2.19. The molecule has 0 aliphatic carbocycles. The lowest BCUT2D eigenvalue weighted by atomic mass is 10.0. The van der Waals surface area contributed by atoms with Crippen molar-refractivity contribution in [3.63, 3.8) is 0 Å². The zero-order valence-electron chi connectivity index (χ0n) is 14.8. The molecule has 0 amide bonds. The van der Waals surface area contributed by atoms with Crippen molar-refractivity contribution >= 4 is 16.0 Å². The van der Waals surface area contributed by atoms with Crippen LogP contribution in [-0.2, 0) is 19.6 Å². The van der Waals surface area contributed by atoms with Gasteiger partial charge in [-0.05, 0) is 41.3 Å². The van der Waals surface area contributed by atoms with Crippen molar-refractivity contribution < 1.29 is 17.9 Å². The molecule has 6 nitrogen and oxygen atoms in total. The van der Waals surface area contributed by atoms with E-state index < -0.39 is 22.0 Å². The summed E-state index contributed by atoms with van der Waals surface area (Å²) in [6, 6.07) is 14.4. The average Bonchev–Trinajstić information content (AvgIpc) is 2.65. The molecule has 0 radical (unpaired) electrons. The Morgan fingerprint density at radius 2 is 1.77 bits per heavy atom. The van der Waals surface area contributed by atoms with E-state index in [1.165, 1.54) is 19.2 Å². The van der Waals surface area contributed by atoms with Crippen LogP contribution >= 0.6 is 0 Å². The minimum Gasteiger partial charge on any atom is -0.468 e. The van der Waals surface area contributed by atoms with E-state index in [0.29, 0.717) is 5.56 Å². The molecule has 2 aromatic rings. The SMILES string of the molecule is COC(=O)[C@@H](NS(=O)(=O)c1ccc(-c2cccc(C#N)c2)cc1)C(C)C. The predicted molar refractivity (Wildman–Crippen MR) is 97.6 cm³/mol. The second-order valence-electron chi connectivity index (χ2n) is 6.08. The van der Waals surface area contributed by atoms with Crippen molar-refractivity contribution in [1.82, 2.24) is 4.72 Å². The van der Waals surface area contributed by atoms with Gasteiger partial charge in [-0.1, -0.05) is 38.1 Å². The summed E-state index contributed by atoms with van der Waals surface area (Å²) in [5, 5.41) is 8.98. The van der Waals surface area contributed by atoms with E-state index >= 15 is 0 Å². The lowest BCUT2D eigenvalue weighted by molar-refractivity contribution is -0.143. The molecule has 0 aromatic heterocycles. The lowest BCUT2D eigenvalue weighted by Crippen LogP contribution is -2.44. The first-order valence-corrected chi connectivity index (χ1v) is 9.47. The quantitative estimate of drug-likeness (QED) is 0.787. The second-order valence-corrected chi connectivity index (χ2v) is 7.80. The Kier molecular flexibility index (Phi) is 6.14. The van der Waals surface area contributed by atoms with Crippen LogP contribution in [0.15, 0.2) is 53.4 Å². The molecule has 136 valence electrons. The van der Waals surface area contributed by atoms with Crippen molar-refractivity contribution in [2.24, 2.45) is 5.92 Å². The molecular formula is C19H20N2O4S. The highest BCUT2D eigenvalue weighted by atomic mass is 32.2. The van der Waals surface area contributed by atoms with E-state index in [1.807, 2.05) is 6.07 Å². The van der Waals surface area contributed by atoms with Gasteiger partial charge in [0, 0.05) is 0 Å². The topological polar surface area (TPSA) is 96.3 Å². The molecule has 0 saturated carbocycles. The largest absolute Gasteiger partial charge is 0.468 e. The van der Waals surface area contributed by atoms with Crippen molar-refractivity contribution in [2.45, 2.75) is 24.8 Å². The molecule has 2 aromatic carbocycles. The van der Waals surface area contributed by atoms with Crippen LogP contribution in [0.5, 0.6) is 0 Å². The Morgan fingerprint density at radius 3 is 2.31 bits per heavy atom. The van der Waals surface area contributed by atoms with Gasteiger partial charge in [0.15, 0.2) is 0 Å². The van der Waals surface area contributed by atoms with Gasteiger partial charge in [-0.15, -0.1) is 0 Å². The molecule has 0 unspecified atom stereocenters. The Hall–Kier alpha value is -2.69. The van der Waals surface area contributed by atoms with Gasteiger partial charge in [-0.25, -0.2) is 8.42 Å².